The summed E-state index contributed by atoms with van der Waals surface area (Å²) < 4.78 is 0. The quantitative estimate of drug-likeness (QED) is 0.678. The number of aliphatic hydroxyl groups is 1. The zero-order valence-electron chi connectivity index (χ0n) is 9.98. The molecule has 16 heavy (non-hydrogen) atoms. The maximum atomic E-state index is 12.2. The Labute approximate surface area is 97.0 Å². The van der Waals surface area contributed by atoms with Crippen LogP contribution in [0.2, 0.25) is 0 Å². The predicted molar refractivity (Wildman–Crippen MR) is 62.0 cm³/mol. The van der Waals surface area contributed by atoms with Gasteiger partial charge in [-0.2, -0.15) is 0 Å². The standard InChI is InChI=1S/C12H22N2O2/c1-9-5-7-14(8-11(9)15)12(16)10-4-2-3-6-13-10/h9-11,13,15H,2-8H2,1H3/t9?,10-,11?/m1/s1. The zero-order valence-corrected chi connectivity index (χ0v) is 9.98. The lowest BCUT2D eigenvalue weighted by Gasteiger charge is -2.37. The van der Waals surface area contributed by atoms with Crippen molar-refractivity contribution in [3.05, 3.63) is 0 Å². The summed E-state index contributed by atoms with van der Waals surface area (Å²) in [6, 6.07) is -0.00523. The molecule has 2 saturated heterocycles. The number of aliphatic hydroxyl groups excluding tert-OH is 1. The Morgan fingerprint density at radius 3 is 2.81 bits per heavy atom. The van der Waals surface area contributed by atoms with Gasteiger partial charge in [0.15, 0.2) is 0 Å². The van der Waals surface area contributed by atoms with Crippen LogP contribution >= 0.6 is 0 Å². The largest absolute Gasteiger partial charge is 0.391 e. The molecule has 3 atom stereocenters. The second-order valence-electron chi connectivity index (χ2n) is 5.12. The summed E-state index contributed by atoms with van der Waals surface area (Å²) in [6.07, 6.45) is 3.82. The summed E-state index contributed by atoms with van der Waals surface area (Å²) in [5.41, 5.74) is 0. The number of hydrogen-bond acceptors (Lipinski definition) is 3. The average Bonchev–Trinajstić information content (AvgIpc) is 2.33. The molecule has 92 valence electrons. The third kappa shape index (κ3) is 2.55. The highest BCUT2D eigenvalue weighted by Crippen LogP contribution is 2.19. The molecule has 2 aliphatic rings. The molecule has 0 aliphatic carbocycles. The van der Waals surface area contributed by atoms with Crippen molar-refractivity contribution in [2.75, 3.05) is 19.6 Å². The van der Waals surface area contributed by atoms with Crippen molar-refractivity contribution in [1.29, 1.82) is 0 Å². The Hall–Kier alpha value is -0.610. The van der Waals surface area contributed by atoms with Gasteiger partial charge in [-0.05, 0) is 31.7 Å². The number of nitrogens with one attached hydrogen (secondary N) is 1. The van der Waals surface area contributed by atoms with E-state index in [-0.39, 0.29) is 18.1 Å². The van der Waals surface area contributed by atoms with Crippen LogP contribution < -0.4 is 5.32 Å². The summed E-state index contributed by atoms with van der Waals surface area (Å²) in [7, 11) is 0. The smallest absolute Gasteiger partial charge is 0.239 e. The molecule has 2 unspecified atom stereocenters. The van der Waals surface area contributed by atoms with E-state index in [1.165, 1.54) is 6.42 Å². The Balaban J connectivity index is 1.89. The average molecular weight is 226 g/mol. The van der Waals surface area contributed by atoms with Crippen LogP contribution in [0.3, 0.4) is 0 Å². The van der Waals surface area contributed by atoms with Crippen LogP contribution in [-0.2, 0) is 4.79 Å². The Kier molecular flexibility index (Phi) is 3.82. The topological polar surface area (TPSA) is 52.6 Å². The molecule has 1 amide bonds. The van der Waals surface area contributed by atoms with Crippen molar-refractivity contribution in [2.24, 2.45) is 5.92 Å². The second-order valence-corrected chi connectivity index (χ2v) is 5.12. The first kappa shape index (κ1) is 11.9. The van der Waals surface area contributed by atoms with Crippen LogP contribution in [0.4, 0.5) is 0 Å². The number of carbonyl (C=O) groups excluding carboxylic acids is 1. The lowest BCUT2D eigenvalue weighted by molar-refractivity contribution is -0.138. The van der Waals surface area contributed by atoms with Gasteiger partial charge in [-0.15, -0.1) is 0 Å². The van der Waals surface area contributed by atoms with E-state index in [9.17, 15) is 9.90 Å². The van der Waals surface area contributed by atoms with Crippen molar-refractivity contribution in [3.63, 3.8) is 0 Å². The minimum Gasteiger partial charge on any atom is -0.391 e. The van der Waals surface area contributed by atoms with Gasteiger partial charge < -0.3 is 15.3 Å². The number of likely N-dealkylation sites (tertiary alicyclic amines) is 1. The van der Waals surface area contributed by atoms with E-state index in [1.807, 2.05) is 11.8 Å². The first-order chi connectivity index (χ1) is 7.68. The number of piperidine rings is 2. The van der Waals surface area contributed by atoms with E-state index in [0.717, 1.165) is 32.4 Å². The number of carbonyl (C=O) groups is 1. The van der Waals surface area contributed by atoms with Gasteiger partial charge in [0, 0.05) is 13.1 Å². The van der Waals surface area contributed by atoms with Crippen LogP contribution in [0, 0.1) is 5.92 Å². The maximum absolute atomic E-state index is 12.2. The first-order valence-corrected chi connectivity index (χ1v) is 6.38. The van der Waals surface area contributed by atoms with Crippen LogP contribution in [0.25, 0.3) is 0 Å². The van der Waals surface area contributed by atoms with Gasteiger partial charge in [0.2, 0.25) is 5.91 Å². The predicted octanol–water partition coefficient (Wildman–Crippen LogP) is 0.358. The fraction of sp³-hybridized carbons (Fsp3) is 0.917. The van der Waals surface area contributed by atoms with Crippen LogP contribution in [0.15, 0.2) is 0 Å². The van der Waals surface area contributed by atoms with E-state index in [4.69, 9.17) is 0 Å². The van der Waals surface area contributed by atoms with Crippen molar-refractivity contribution in [3.8, 4) is 0 Å². The number of rotatable bonds is 1. The van der Waals surface area contributed by atoms with Gasteiger partial charge in [-0.25, -0.2) is 0 Å². The molecule has 2 fully saturated rings. The minimum absolute atomic E-state index is 0.00523. The molecule has 2 rings (SSSR count). The SMILES string of the molecule is CC1CCN(C(=O)[C@H]2CCCCN2)CC1O. The molecule has 0 aromatic carbocycles. The molecule has 2 aliphatic heterocycles. The van der Waals surface area contributed by atoms with Gasteiger partial charge in [-0.1, -0.05) is 13.3 Å². The number of hydrogen-bond donors (Lipinski definition) is 2. The first-order valence-electron chi connectivity index (χ1n) is 6.38. The summed E-state index contributed by atoms with van der Waals surface area (Å²) in [4.78, 5) is 14.0. The number of nitrogens with zero attached hydrogens (tertiary/aromatic N) is 1. The lowest BCUT2D eigenvalue weighted by atomic mass is 9.94. The molecule has 0 spiro atoms. The van der Waals surface area contributed by atoms with Crippen LogP contribution in [0.1, 0.15) is 32.6 Å². The highest BCUT2D eigenvalue weighted by atomic mass is 16.3. The fourth-order valence-electron chi connectivity index (χ4n) is 2.53. The van der Waals surface area contributed by atoms with Gasteiger partial charge in [0.1, 0.15) is 0 Å². The maximum Gasteiger partial charge on any atom is 0.239 e. The van der Waals surface area contributed by atoms with Crippen LogP contribution in [0.5, 0.6) is 0 Å². The molecule has 0 radical (unpaired) electrons. The molecule has 4 heteroatoms. The number of amides is 1. The summed E-state index contributed by atoms with van der Waals surface area (Å²) in [5.74, 6) is 0.508. The van der Waals surface area contributed by atoms with Gasteiger partial charge in [0.25, 0.3) is 0 Å². The van der Waals surface area contributed by atoms with Crippen LogP contribution in [-0.4, -0.2) is 47.7 Å². The third-order valence-corrected chi connectivity index (χ3v) is 3.84. The highest BCUT2D eigenvalue weighted by Gasteiger charge is 2.31. The lowest BCUT2D eigenvalue weighted by Crippen LogP contribution is -2.53. The van der Waals surface area contributed by atoms with E-state index in [1.54, 1.807) is 0 Å². The monoisotopic (exact) mass is 226 g/mol. The molecule has 0 aromatic rings. The van der Waals surface area contributed by atoms with E-state index in [0.29, 0.717) is 12.5 Å². The second kappa shape index (κ2) is 5.15. The van der Waals surface area contributed by atoms with E-state index in [2.05, 4.69) is 5.32 Å². The molecule has 0 aromatic heterocycles. The van der Waals surface area contributed by atoms with Gasteiger partial charge in [-0.3, -0.25) is 4.79 Å². The summed E-state index contributed by atoms with van der Waals surface area (Å²) in [6.45, 7) is 4.31. The molecule has 2 N–H and O–H groups in total. The highest BCUT2D eigenvalue weighted by molar-refractivity contribution is 5.82. The zero-order chi connectivity index (χ0) is 11.5. The third-order valence-electron chi connectivity index (χ3n) is 3.84. The normalized spacial score (nSPS) is 36.1. The van der Waals surface area contributed by atoms with E-state index < -0.39 is 0 Å². The molecule has 2 heterocycles. The van der Waals surface area contributed by atoms with Gasteiger partial charge >= 0.3 is 0 Å². The Morgan fingerprint density at radius 1 is 1.38 bits per heavy atom. The Morgan fingerprint density at radius 2 is 2.19 bits per heavy atom. The molecular weight excluding hydrogens is 204 g/mol. The fourth-order valence-corrected chi connectivity index (χ4v) is 2.53. The van der Waals surface area contributed by atoms with Crippen molar-refractivity contribution < 1.29 is 9.90 Å². The number of β-amino-alcohol motifs (C(OH)–C–C–N with tert-alkyl or cyclic N) is 1. The molecule has 0 bridgehead atoms. The van der Waals surface area contributed by atoms with Crippen molar-refractivity contribution >= 4 is 5.91 Å². The summed E-state index contributed by atoms with van der Waals surface area (Å²) >= 11 is 0. The minimum atomic E-state index is -0.346. The molecule has 4 nitrogen and oxygen atoms in total. The molecular formula is C12H22N2O2. The summed E-state index contributed by atoms with van der Waals surface area (Å²) in [5, 5.41) is 13.1. The van der Waals surface area contributed by atoms with Gasteiger partial charge in [0.05, 0.1) is 12.1 Å². The molecule has 0 saturated carbocycles. The van der Waals surface area contributed by atoms with Crippen molar-refractivity contribution in [2.45, 2.75) is 44.8 Å². The van der Waals surface area contributed by atoms with Crippen molar-refractivity contribution in [1.82, 2.24) is 10.2 Å². The van der Waals surface area contributed by atoms with E-state index >= 15 is 0 Å². The Bertz CT molecular complexity index is 251.